The Morgan fingerprint density at radius 1 is 1.55 bits per heavy atom. The molecule has 0 bridgehead atoms. The minimum absolute atomic E-state index is 0.103. The maximum Gasteiger partial charge on any atom is 0.392 e. The van der Waals surface area contributed by atoms with Crippen molar-refractivity contribution in [2.24, 2.45) is 11.8 Å². The molecule has 2 atom stereocenters. The Balaban J connectivity index is 1.78. The highest BCUT2D eigenvalue weighted by Gasteiger charge is 2.55. The Bertz CT molecular complexity index is 473. The average molecular weight is 292 g/mol. The molecule has 20 heavy (non-hydrogen) atoms. The second kappa shape index (κ2) is 5.72. The molecule has 1 aromatic rings. The first-order valence-corrected chi connectivity index (χ1v) is 6.33. The number of H-pyrrole nitrogens is 1. The highest BCUT2D eigenvalue weighted by molar-refractivity contribution is 5.91. The molecule has 0 aromatic carbocycles. The van der Waals surface area contributed by atoms with Crippen molar-refractivity contribution in [1.82, 2.24) is 10.2 Å². The molecule has 1 saturated carbocycles. The molecule has 0 spiro atoms. The number of halogens is 3. The van der Waals surface area contributed by atoms with Crippen LogP contribution in [0, 0.1) is 11.8 Å². The Labute approximate surface area is 113 Å². The topological polar surface area (TPSA) is 64.2 Å². The summed E-state index contributed by atoms with van der Waals surface area (Å²) in [5.74, 6) is -2.04. The van der Waals surface area contributed by atoms with Crippen LogP contribution in [0.4, 0.5) is 13.2 Å². The first kappa shape index (κ1) is 14.7. The van der Waals surface area contributed by atoms with Crippen LogP contribution in [0.2, 0.25) is 0 Å². The lowest BCUT2D eigenvalue weighted by atomic mass is 10.2. The molecule has 0 amide bonds. The van der Waals surface area contributed by atoms with Crippen molar-refractivity contribution < 1.29 is 27.4 Å². The summed E-state index contributed by atoms with van der Waals surface area (Å²) in [5.41, 5.74) is 0.148. The third-order valence-corrected chi connectivity index (χ3v) is 3.18. The van der Waals surface area contributed by atoms with Gasteiger partial charge in [0.1, 0.15) is 5.56 Å². The zero-order chi connectivity index (χ0) is 14.8. The molecule has 8 heteroatoms. The molecule has 112 valence electrons. The van der Waals surface area contributed by atoms with E-state index < -0.39 is 18.1 Å². The second-order valence-corrected chi connectivity index (χ2v) is 4.61. The number of rotatable bonds is 6. The normalized spacial score (nSPS) is 21.6. The summed E-state index contributed by atoms with van der Waals surface area (Å²) < 4.78 is 47.1. The summed E-state index contributed by atoms with van der Waals surface area (Å²) in [6, 6.07) is 0. The van der Waals surface area contributed by atoms with E-state index in [1.165, 1.54) is 6.20 Å². The first-order chi connectivity index (χ1) is 9.43. The smallest absolute Gasteiger partial charge is 0.392 e. The van der Waals surface area contributed by atoms with Crippen molar-refractivity contribution in [3.05, 3.63) is 11.8 Å². The summed E-state index contributed by atoms with van der Waals surface area (Å²) in [4.78, 5) is 11.5. The van der Waals surface area contributed by atoms with Gasteiger partial charge >= 0.3 is 12.1 Å². The Morgan fingerprint density at radius 2 is 2.30 bits per heavy atom. The molecular weight excluding hydrogens is 277 g/mol. The number of nitrogens with zero attached hydrogens (tertiary/aromatic N) is 1. The van der Waals surface area contributed by atoms with Crippen LogP contribution in [0.15, 0.2) is 6.20 Å². The quantitative estimate of drug-likeness (QED) is 0.818. The SMILES string of the molecule is CCOC(=O)c1cn[nH]c1OCCC1CC1C(F)(F)F. The number of aromatic amines is 1. The van der Waals surface area contributed by atoms with E-state index in [1.54, 1.807) is 6.92 Å². The van der Waals surface area contributed by atoms with Crippen LogP contribution in [0.3, 0.4) is 0 Å². The molecule has 1 N–H and O–H groups in total. The van der Waals surface area contributed by atoms with Crippen LogP contribution < -0.4 is 4.74 Å². The van der Waals surface area contributed by atoms with E-state index in [4.69, 9.17) is 9.47 Å². The van der Waals surface area contributed by atoms with Crippen LogP contribution in [-0.4, -0.2) is 35.6 Å². The number of hydrogen-bond acceptors (Lipinski definition) is 4. The molecule has 0 radical (unpaired) electrons. The lowest BCUT2D eigenvalue weighted by Crippen LogP contribution is -2.13. The molecule has 1 heterocycles. The summed E-state index contributed by atoms with van der Waals surface area (Å²) in [6.07, 6.45) is -2.40. The number of nitrogens with one attached hydrogen (secondary N) is 1. The number of carbonyl (C=O) groups excluding carboxylic acids is 1. The number of esters is 1. The van der Waals surface area contributed by atoms with E-state index in [-0.39, 0.29) is 37.0 Å². The molecule has 1 aliphatic carbocycles. The van der Waals surface area contributed by atoms with E-state index in [2.05, 4.69) is 10.2 Å². The van der Waals surface area contributed by atoms with Gasteiger partial charge in [0.2, 0.25) is 5.88 Å². The number of carbonyl (C=O) groups is 1. The van der Waals surface area contributed by atoms with Gasteiger partial charge in [0.15, 0.2) is 0 Å². The van der Waals surface area contributed by atoms with Gasteiger partial charge < -0.3 is 9.47 Å². The fourth-order valence-corrected chi connectivity index (χ4v) is 2.02. The van der Waals surface area contributed by atoms with Crippen LogP contribution in [0.5, 0.6) is 5.88 Å². The molecule has 1 aromatic heterocycles. The van der Waals surface area contributed by atoms with Crippen molar-refractivity contribution >= 4 is 5.97 Å². The molecule has 5 nitrogen and oxygen atoms in total. The van der Waals surface area contributed by atoms with E-state index >= 15 is 0 Å². The summed E-state index contributed by atoms with van der Waals surface area (Å²) in [5, 5.41) is 6.15. The predicted octanol–water partition coefficient (Wildman–Crippen LogP) is 2.55. The molecule has 1 fully saturated rings. The van der Waals surface area contributed by atoms with E-state index in [1.807, 2.05) is 0 Å². The van der Waals surface area contributed by atoms with Crippen molar-refractivity contribution in [2.45, 2.75) is 25.9 Å². The fraction of sp³-hybridized carbons (Fsp3) is 0.667. The van der Waals surface area contributed by atoms with Crippen LogP contribution in [0.1, 0.15) is 30.1 Å². The average Bonchev–Trinajstić information content (AvgIpc) is 2.99. The minimum Gasteiger partial charge on any atom is -0.477 e. The Kier molecular flexibility index (Phi) is 4.20. The summed E-state index contributed by atoms with van der Waals surface area (Å²) >= 11 is 0. The maximum atomic E-state index is 12.3. The van der Waals surface area contributed by atoms with Gasteiger partial charge in [0.05, 0.1) is 25.3 Å². The monoisotopic (exact) mass is 292 g/mol. The second-order valence-electron chi connectivity index (χ2n) is 4.61. The molecule has 2 rings (SSSR count). The van der Waals surface area contributed by atoms with E-state index in [0.717, 1.165) is 0 Å². The highest BCUT2D eigenvalue weighted by atomic mass is 19.4. The van der Waals surface area contributed by atoms with Gasteiger partial charge in [-0.2, -0.15) is 18.3 Å². The molecule has 2 unspecified atom stereocenters. The van der Waals surface area contributed by atoms with Gasteiger partial charge in [-0.05, 0) is 25.7 Å². The van der Waals surface area contributed by atoms with Crippen LogP contribution >= 0.6 is 0 Å². The zero-order valence-electron chi connectivity index (χ0n) is 10.9. The van der Waals surface area contributed by atoms with Gasteiger partial charge in [-0.3, -0.25) is 0 Å². The van der Waals surface area contributed by atoms with Gasteiger partial charge in [-0.1, -0.05) is 0 Å². The molecule has 0 saturated heterocycles. The first-order valence-electron chi connectivity index (χ1n) is 6.33. The third kappa shape index (κ3) is 3.43. The lowest BCUT2D eigenvalue weighted by molar-refractivity contribution is -0.151. The van der Waals surface area contributed by atoms with Crippen molar-refractivity contribution in [3.63, 3.8) is 0 Å². The van der Waals surface area contributed by atoms with Crippen molar-refractivity contribution in [1.29, 1.82) is 0 Å². The number of alkyl halides is 3. The molecule has 1 aliphatic rings. The maximum absolute atomic E-state index is 12.3. The largest absolute Gasteiger partial charge is 0.477 e. The fourth-order valence-electron chi connectivity index (χ4n) is 2.02. The standard InChI is InChI=1S/C12H15F3N2O3/c1-2-19-11(18)8-6-16-17-10(8)20-4-3-7-5-9(7)12(13,14)15/h6-7,9H,2-5H2,1H3,(H,16,17). The van der Waals surface area contributed by atoms with Gasteiger partial charge in [0.25, 0.3) is 0 Å². The van der Waals surface area contributed by atoms with Crippen molar-refractivity contribution in [3.8, 4) is 5.88 Å². The number of ether oxygens (including phenoxy) is 2. The minimum atomic E-state index is -4.12. The van der Waals surface area contributed by atoms with Crippen LogP contribution in [-0.2, 0) is 4.74 Å². The predicted molar refractivity (Wildman–Crippen MR) is 62.3 cm³/mol. The Hall–Kier alpha value is -1.73. The molecular formula is C12H15F3N2O3. The van der Waals surface area contributed by atoms with Gasteiger partial charge in [0, 0.05) is 0 Å². The summed E-state index contributed by atoms with van der Waals surface area (Å²) in [7, 11) is 0. The Morgan fingerprint density at radius 3 is 2.90 bits per heavy atom. The lowest BCUT2D eigenvalue weighted by Gasteiger charge is -2.07. The van der Waals surface area contributed by atoms with Crippen LogP contribution in [0.25, 0.3) is 0 Å². The molecule has 0 aliphatic heterocycles. The summed E-state index contributed by atoms with van der Waals surface area (Å²) in [6.45, 7) is 1.99. The van der Waals surface area contributed by atoms with E-state index in [0.29, 0.717) is 6.42 Å². The highest BCUT2D eigenvalue weighted by Crippen LogP contribution is 2.51. The van der Waals surface area contributed by atoms with Crippen molar-refractivity contribution in [2.75, 3.05) is 13.2 Å². The third-order valence-electron chi connectivity index (χ3n) is 3.18. The number of aromatic nitrogens is 2. The van der Waals surface area contributed by atoms with Gasteiger partial charge in [-0.25, -0.2) is 9.89 Å². The zero-order valence-corrected chi connectivity index (χ0v) is 10.9. The number of hydrogen-bond donors (Lipinski definition) is 1. The van der Waals surface area contributed by atoms with E-state index in [9.17, 15) is 18.0 Å². The van der Waals surface area contributed by atoms with Gasteiger partial charge in [-0.15, -0.1) is 0 Å².